The van der Waals surface area contributed by atoms with E-state index in [2.05, 4.69) is 26.8 Å². The molecule has 0 amide bonds. The average Bonchev–Trinajstić information content (AvgIpc) is 3.44. The molecule has 44 heavy (non-hydrogen) atoms. The smallest absolute Gasteiger partial charge is 0.490 e. The van der Waals surface area contributed by atoms with Crippen molar-refractivity contribution in [1.82, 2.24) is 14.5 Å². The van der Waals surface area contributed by atoms with Crippen molar-refractivity contribution in [3.63, 3.8) is 0 Å². The van der Waals surface area contributed by atoms with E-state index < -0.39 is 11.3 Å². The SMILES string of the molecule is O=[N+]([O-])c1cn2c(n1)O[C@@H](COc1ccc3c(c1)CN(Cc1ccc(OCc4ccc(OC(F)(F)F)cc4)cc1)CC3)CC2. The quantitative estimate of drug-likeness (QED) is 0.158. The molecule has 0 spiro atoms. The van der Waals surface area contributed by atoms with E-state index in [0.717, 1.165) is 42.9 Å². The largest absolute Gasteiger partial charge is 0.573 e. The number of halogens is 3. The van der Waals surface area contributed by atoms with Gasteiger partial charge in [0.1, 0.15) is 42.8 Å². The van der Waals surface area contributed by atoms with Crippen LogP contribution in [0.3, 0.4) is 0 Å². The number of fused-ring (bicyclic) bond motifs is 2. The van der Waals surface area contributed by atoms with Crippen LogP contribution in [0.2, 0.25) is 0 Å². The number of benzene rings is 3. The van der Waals surface area contributed by atoms with Crippen molar-refractivity contribution in [2.45, 2.75) is 51.5 Å². The minimum Gasteiger partial charge on any atom is -0.490 e. The number of ether oxygens (including phenoxy) is 4. The molecule has 2 aliphatic heterocycles. The second kappa shape index (κ2) is 12.4. The van der Waals surface area contributed by atoms with E-state index in [1.54, 1.807) is 4.57 Å². The molecule has 0 aliphatic carbocycles. The van der Waals surface area contributed by atoms with Gasteiger partial charge in [-0.2, -0.15) is 0 Å². The molecular formula is C31H29F3N4O6. The minimum atomic E-state index is -4.72. The van der Waals surface area contributed by atoms with E-state index in [4.69, 9.17) is 14.2 Å². The number of aromatic nitrogens is 2. The zero-order valence-electron chi connectivity index (χ0n) is 23.5. The van der Waals surface area contributed by atoms with Crippen LogP contribution in [0.4, 0.5) is 19.0 Å². The molecule has 1 atom stereocenters. The van der Waals surface area contributed by atoms with Gasteiger partial charge in [0, 0.05) is 37.6 Å². The van der Waals surface area contributed by atoms with Gasteiger partial charge in [0.15, 0.2) is 0 Å². The Morgan fingerprint density at radius 2 is 1.66 bits per heavy atom. The van der Waals surface area contributed by atoms with Gasteiger partial charge in [0.05, 0.1) is 0 Å². The highest BCUT2D eigenvalue weighted by Crippen LogP contribution is 2.28. The van der Waals surface area contributed by atoms with E-state index in [-0.39, 0.29) is 30.3 Å². The summed E-state index contributed by atoms with van der Waals surface area (Å²) in [5.41, 5.74) is 4.35. The molecule has 3 heterocycles. The second-order valence-corrected chi connectivity index (χ2v) is 10.7. The molecule has 0 bridgehead atoms. The van der Waals surface area contributed by atoms with Crippen molar-refractivity contribution in [3.8, 4) is 23.3 Å². The normalized spacial score (nSPS) is 16.4. The van der Waals surface area contributed by atoms with E-state index >= 15 is 0 Å². The maximum Gasteiger partial charge on any atom is 0.573 e. The topological polar surface area (TPSA) is 101 Å². The Morgan fingerprint density at radius 3 is 2.41 bits per heavy atom. The third kappa shape index (κ3) is 7.40. The van der Waals surface area contributed by atoms with E-state index in [9.17, 15) is 23.3 Å². The molecule has 0 saturated carbocycles. The monoisotopic (exact) mass is 610 g/mol. The third-order valence-corrected chi connectivity index (χ3v) is 7.48. The van der Waals surface area contributed by atoms with Gasteiger partial charge in [0.2, 0.25) is 0 Å². The fourth-order valence-corrected chi connectivity index (χ4v) is 5.25. The number of aryl methyl sites for hydroxylation is 1. The Bertz CT molecular complexity index is 1610. The summed E-state index contributed by atoms with van der Waals surface area (Å²) in [7, 11) is 0. The van der Waals surface area contributed by atoms with Crippen molar-refractivity contribution in [3.05, 3.63) is 105 Å². The molecule has 10 nitrogen and oxygen atoms in total. The first-order chi connectivity index (χ1) is 21.2. The first-order valence-electron chi connectivity index (χ1n) is 14.1. The minimum absolute atomic E-state index is 0.221. The number of hydrogen-bond acceptors (Lipinski definition) is 8. The fraction of sp³-hybridized carbons (Fsp3) is 0.323. The molecular weight excluding hydrogens is 581 g/mol. The van der Waals surface area contributed by atoms with Crippen molar-refractivity contribution in [2.75, 3.05) is 13.2 Å². The first kappa shape index (κ1) is 29.3. The number of nitrogens with zero attached hydrogens (tertiary/aromatic N) is 4. The lowest BCUT2D eigenvalue weighted by atomic mass is 9.99. The molecule has 6 rings (SSSR count). The maximum absolute atomic E-state index is 12.3. The molecule has 0 saturated heterocycles. The Kier molecular flexibility index (Phi) is 8.29. The summed E-state index contributed by atoms with van der Waals surface area (Å²) in [6, 6.07) is 19.8. The molecule has 4 aromatic rings. The van der Waals surface area contributed by atoms with Crippen LogP contribution in [0.25, 0.3) is 0 Å². The van der Waals surface area contributed by atoms with E-state index in [1.807, 2.05) is 30.3 Å². The van der Waals surface area contributed by atoms with Crippen molar-refractivity contribution in [2.24, 2.45) is 0 Å². The summed E-state index contributed by atoms with van der Waals surface area (Å²) in [5, 5.41) is 11.0. The molecule has 3 aromatic carbocycles. The van der Waals surface area contributed by atoms with Gasteiger partial charge in [-0.15, -0.1) is 13.2 Å². The Balaban J connectivity index is 0.978. The number of hydrogen-bond donors (Lipinski definition) is 0. The fourth-order valence-electron chi connectivity index (χ4n) is 5.25. The first-order valence-corrected chi connectivity index (χ1v) is 14.1. The zero-order valence-corrected chi connectivity index (χ0v) is 23.5. The molecule has 230 valence electrons. The van der Waals surface area contributed by atoms with Gasteiger partial charge in [-0.3, -0.25) is 9.47 Å². The second-order valence-electron chi connectivity index (χ2n) is 10.7. The van der Waals surface area contributed by atoms with Crippen molar-refractivity contribution >= 4 is 5.82 Å². The Morgan fingerprint density at radius 1 is 0.932 bits per heavy atom. The Hall–Kier alpha value is -4.78. The molecule has 1 aromatic heterocycles. The predicted molar refractivity (Wildman–Crippen MR) is 152 cm³/mol. The van der Waals surface area contributed by atoms with E-state index in [0.29, 0.717) is 25.3 Å². The standard InChI is InChI=1S/C31H29F3N4O6/c32-31(33,34)44-26-8-3-22(4-9-26)19-41-25-6-1-21(2-7-25)16-36-13-11-23-5-10-27(15-24(23)17-36)42-20-28-12-14-37-18-29(38(39)40)35-30(37)43-28/h1-10,15,18,28H,11-14,16-17,19-20H2/t28-/m1/s1. The zero-order chi connectivity index (χ0) is 30.7. The highest BCUT2D eigenvalue weighted by atomic mass is 19.4. The van der Waals surface area contributed by atoms with Crippen LogP contribution < -0.4 is 18.9 Å². The summed E-state index contributed by atoms with van der Waals surface area (Å²) in [6.07, 6.45) is -1.99. The number of imidazole rings is 1. The van der Waals surface area contributed by atoms with Crippen LogP contribution >= 0.6 is 0 Å². The molecule has 0 N–H and O–H groups in total. The van der Waals surface area contributed by atoms with Crippen LogP contribution in [0.1, 0.15) is 28.7 Å². The van der Waals surface area contributed by atoms with E-state index in [1.165, 1.54) is 41.6 Å². The van der Waals surface area contributed by atoms with Crippen LogP contribution in [0.5, 0.6) is 23.3 Å². The number of nitro groups is 1. The maximum atomic E-state index is 12.3. The summed E-state index contributed by atoms with van der Waals surface area (Å²) < 4.78 is 60.2. The number of alkyl halides is 3. The average molecular weight is 611 g/mol. The molecule has 0 fully saturated rings. The lowest BCUT2D eigenvalue weighted by Gasteiger charge is -2.29. The van der Waals surface area contributed by atoms with Crippen molar-refractivity contribution in [1.29, 1.82) is 0 Å². The molecule has 2 aliphatic rings. The van der Waals surface area contributed by atoms with Crippen LogP contribution in [0.15, 0.2) is 72.9 Å². The summed E-state index contributed by atoms with van der Waals surface area (Å²) in [4.78, 5) is 16.8. The van der Waals surface area contributed by atoms with Gasteiger partial charge in [-0.05, 0) is 70.0 Å². The molecule has 0 radical (unpaired) electrons. The lowest BCUT2D eigenvalue weighted by Crippen LogP contribution is -2.31. The lowest BCUT2D eigenvalue weighted by molar-refractivity contribution is -0.389. The van der Waals surface area contributed by atoms with Gasteiger partial charge >= 0.3 is 18.2 Å². The van der Waals surface area contributed by atoms with Crippen LogP contribution in [-0.2, 0) is 32.7 Å². The Labute approximate surface area is 250 Å². The van der Waals surface area contributed by atoms with Gasteiger partial charge in [-0.25, -0.2) is 0 Å². The summed E-state index contributed by atoms with van der Waals surface area (Å²) in [6.45, 7) is 3.58. The third-order valence-electron chi connectivity index (χ3n) is 7.48. The van der Waals surface area contributed by atoms with Gasteiger partial charge in [0.25, 0.3) is 0 Å². The summed E-state index contributed by atoms with van der Waals surface area (Å²) in [5.74, 6) is 0.919. The summed E-state index contributed by atoms with van der Waals surface area (Å²) >= 11 is 0. The van der Waals surface area contributed by atoms with Gasteiger partial charge < -0.3 is 29.1 Å². The van der Waals surface area contributed by atoms with Gasteiger partial charge in [-0.1, -0.05) is 30.3 Å². The highest BCUT2D eigenvalue weighted by molar-refractivity contribution is 5.37. The van der Waals surface area contributed by atoms with Crippen LogP contribution in [-0.4, -0.2) is 45.0 Å². The van der Waals surface area contributed by atoms with Crippen LogP contribution in [0, 0.1) is 10.1 Å². The number of rotatable bonds is 10. The molecule has 0 unspecified atom stereocenters. The molecule has 13 heteroatoms. The highest BCUT2D eigenvalue weighted by Gasteiger charge is 2.31. The van der Waals surface area contributed by atoms with Crippen molar-refractivity contribution < 1.29 is 37.0 Å². The predicted octanol–water partition coefficient (Wildman–Crippen LogP) is 6.06.